The number of benzene rings is 1. The fourth-order valence-corrected chi connectivity index (χ4v) is 2.35. The molecule has 0 aliphatic heterocycles. The fourth-order valence-electron chi connectivity index (χ4n) is 2.35. The van der Waals surface area contributed by atoms with E-state index in [9.17, 15) is 9.59 Å². The molecule has 5 nitrogen and oxygen atoms in total. The summed E-state index contributed by atoms with van der Waals surface area (Å²) in [5.41, 5.74) is 2.38. The Labute approximate surface area is 141 Å². The second-order valence-corrected chi connectivity index (χ2v) is 5.94. The molecule has 0 radical (unpaired) electrons. The van der Waals surface area contributed by atoms with Gasteiger partial charge in [-0.05, 0) is 67.6 Å². The number of amides is 1. The molecule has 124 valence electrons. The standard InChI is InChI=1S/C19H20N2O3/c22-18(15-3-4-15)21-17-7-5-16(6-8-17)19(23)24-13-1-2-14-9-11-20-12-10-14/h5-12,15H,1-4,13H2,(H,21,22). The van der Waals surface area contributed by atoms with Gasteiger partial charge < -0.3 is 10.1 Å². The highest BCUT2D eigenvalue weighted by Gasteiger charge is 2.29. The van der Waals surface area contributed by atoms with Crippen LogP contribution in [0.2, 0.25) is 0 Å². The molecule has 1 saturated carbocycles. The number of anilines is 1. The first kappa shape index (κ1) is 16.2. The number of aryl methyl sites for hydroxylation is 1. The minimum Gasteiger partial charge on any atom is -0.462 e. The zero-order valence-electron chi connectivity index (χ0n) is 13.4. The molecule has 0 saturated heterocycles. The predicted molar refractivity (Wildman–Crippen MR) is 90.6 cm³/mol. The molecule has 0 spiro atoms. The van der Waals surface area contributed by atoms with Crippen molar-refractivity contribution in [3.8, 4) is 0 Å². The molecule has 5 heteroatoms. The van der Waals surface area contributed by atoms with Crippen LogP contribution in [0.3, 0.4) is 0 Å². The Morgan fingerprint density at radius 2 is 1.79 bits per heavy atom. The molecule has 0 atom stereocenters. The number of esters is 1. The van der Waals surface area contributed by atoms with E-state index in [1.807, 2.05) is 12.1 Å². The highest BCUT2D eigenvalue weighted by molar-refractivity contribution is 5.95. The highest BCUT2D eigenvalue weighted by Crippen LogP contribution is 2.30. The zero-order chi connectivity index (χ0) is 16.8. The molecule has 1 aliphatic rings. The van der Waals surface area contributed by atoms with E-state index in [0.29, 0.717) is 17.9 Å². The molecule has 1 amide bonds. The lowest BCUT2D eigenvalue weighted by atomic mass is 10.1. The SMILES string of the molecule is O=C(OCCCc1ccncc1)c1ccc(NC(=O)C2CC2)cc1. The molecular weight excluding hydrogens is 304 g/mol. The van der Waals surface area contributed by atoms with Gasteiger partial charge in [0.1, 0.15) is 0 Å². The summed E-state index contributed by atoms with van der Waals surface area (Å²) in [6.07, 6.45) is 7.06. The third-order valence-electron chi connectivity index (χ3n) is 3.93. The summed E-state index contributed by atoms with van der Waals surface area (Å²) in [7, 11) is 0. The minimum atomic E-state index is -0.343. The van der Waals surface area contributed by atoms with Crippen molar-refractivity contribution in [2.45, 2.75) is 25.7 Å². The largest absolute Gasteiger partial charge is 0.462 e. The molecule has 1 aliphatic carbocycles. The van der Waals surface area contributed by atoms with Crippen LogP contribution in [-0.4, -0.2) is 23.5 Å². The van der Waals surface area contributed by atoms with E-state index in [4.69, 9.17) is 4.74 Å². The second kappa shape index (κ2) is 7.73. The van der Waals surface area contributed by atoms with Gasteiger partial charge in [-0.25, -0.2) is 4.79 Å². The first-order valence-electron chi connectivity index (χ1n) is 8.19. The van der Waals surface area contributed by atoms with Gasteiger partial charge in [0.2, 0.25) is 5.91 Å². The van der Waals surface area contributed by atoms with E-state index in [0.717, 1.165) is 25.7 Å². The maximum Gasteiger partial charge on any atom is 0.338 e. The van der Waals surface area contributed by atoms with Crippen molar-refractivity contribution in [2.24, 2.45) is 5.92 Å². The van der Waals surface area contributed by atoms with Crippen LogP contribution in [0, 0.1) is 5.92 Å². The number of nitrogens with zero attached hydrogens (tertiary/aromatic N) is 1. The number of ether oxygens (including phenoxy) is 1. The first-order chi connectivity index (χ1) is 11.7. The Kier molecular flexibility index (Phi) is 5.21. The van der Waals surface area contributed by atoms with Gasteiger partial charge in [-0.2, -0.15) is 0 Å². The first-order valence-corrected chi connectivity index (χ1v) is 8.19. The minimum absolute atomic E-state index is 0.0569. The molecule has 3 rings (SSSR count). The van der Waals surface area contributed by atoms with Gasteiger partial charge in [0.25, 0.3) is 0 Å². The van der Waals surface area contributed by atoms with Crippen molar-refractivity contribution in [1.82, 2.24) is 4.98 Å². The van der Waals surface area contributed by atoms with Crippen molar-refractivity contribution >= 4 is 17.6 Å². The van der Waals surface area contributed by atoms with Crippen molar-refractivity contribution in [1.29, 1.82) is 0 Å². The van der Waals surface area contributed by atoms with Crippen LogP contribution in [0.25, 0.3) is 0 Å². The molecule has 1 heterocycles. The number of rotatable bonds is 7. The fraction of sp³-hybridized carbons (Fsp3) is 0.316. The Morgan fingerprint density at radius 3 is 2.46 bits per heavy atom. The van der Waals surface area contributed by atoms with Crippen molar-refractivity contribution in [3.63, 3.8) is 0 Å². The van der Waals surface area contributed by atoms with E-state index < -0.39 is 0 Å². The monoisotopic (exact) mass is 324 g/mol. The zero-order valence-corrected chi connectivity index (χ0v) is 13.4. The summed E-state index contributed by atoms with van der Waals surface area (Å²) in [4.78, 5) is 27.6. The van der Waals surface area contributed by atoms with Gasteiger partial charge in [0.05, 0.1) is 12.2 Å². The summed E-state index contributed by atoms with van der Waals surface area (Å²) >= 11 is 0. The van der Waals surface area contributed by atoms with Crippen LogP contribution in [-0.2, 0) is 16.0 Å². The van der Waals surface area contributed by atoms with Gasteiger partial charge in [-0.15, -0.1) is 0 Å². The number of hydrogen-bond donors (Lipinski definition) is 1. The van der Waals surface area contributed by atoms with Crippen molar-refractivity contribution < 1.29 is 14.3 Å². The predicted octanol–water partition coefficient (Wildman–Crippen LogP) is 3.22. The smallest absolute Gasteiger partial charge is 0.338 e. The third-order valence-corrected chi connectivity index (χ3v) is 3.93. The normalized spacial score (nSPS) is 13.3. The molecule has 1 aromatic heterocycles. The summed E-state index contributed by atoms with van der Waals surface area (Å²) in [6, 6.07) is 10.7. The molecule has 1 N–H and O–H groups in total. The van der Waals surface area contributed by atoms with E-state index in [-0.39, 0.29) is 17.8 Å². The maximum atomic E-state index is 12.0. The number of pyridine rings is 1. The summed E-state index contributed by atoms with van der Waals surface area (Å²) in [5.74, 6) is -0.124. The quantitative estimate of drug-likeness (QED) is 0.627. The molecular formula is C19H20N2O3. The lowest BCUT2D eigenvalue weighted by Crippen LogP contribution is -2.13. The molecule has 0 bridgehead atoms. The molecule has 0 unspecified atom stereocenters. The van der Waals surface area contributed by atoms with Crippen molar-refractivity contribution in [2.75, 3.05) is 11.9 Å². The second-order valence-electron chi connectivity index (χ2n) is 5.94. The highest BCUT2D eigenvalue weighted by atomic mass is 16.5. The average Bonchev–Trinajstić information content (AvgIpc) is 3.45. The third kappa shape index (κ3) is 4.65. The Bertz CT molecular complexity index is 694. The number of nitrogens with one attached hydrogen (secondary N) is 1. The Hall–Kier alpha value is -2.69. The average molecular weight is 324 g/mol. The van der Waals surface area contributed by atoms with Gasteiger partial charge in [-0.1, -0.05) is 0 Å². The van der Waals surface area contributed by atoms with Gasteiger partial charge in [-0.3, -0.25) is 9.78 Å². The van der Waals surface area contributed by atoms with Crippen LogP contribution >= 0.6 is 0 Å². The van der Waals surface area contributed by atoms with Crippen LogP contribution in [0.5, 0.6) is 0 Å². The molecule has 24 heavy (non-hydrogen) atoms. The van der Waals surface area contributed by atoms with Crippen LogP contribution in [0.15, 0.2) is 48.8 Å². The van der Waals surface area contributed by atoms with Crippen LogP contribution < -0.4 is 5.32 Å². The van der Waals surface area contributed by atoms with E-state index >= 15 is 0 Å². The number of hydrogen-bond acceptors (Lipinski definition) is 4. The summed E-state index contributed by atoms with van der Waals surface area (Å²) < 4.78 is 5.28. The van der Waals surface area contributed by atoms with Gasteiger partial charge in [0.15, 0.2) is 0 Å². The Balaban J connectivity index is 1.42. The summed E-state index contributed by atoms with van der Waals surface area (Å²) in [5, 5.41) is 2.84. The van der Waals surface area contributed by atoms with E-state index in [1.54, 1.807) is 36.7 Å². The van der Waals surface area contributed by atoms with Gasteiger partial charge in [0, 0.05) is 24.0 Å². The van der Waals surface area contributed by atoms with E-state index in [2.05, 4.69) is 10.3 Å². The number of aromatic nitrogens is 1. The topological polar surface area (TPSA) is 68.3 Å². The lowest BCUT2D eigenvalue weighted by molar-refractivity contribution is -0.117. The van der Waals surface area contributed by atoms with Crippen LogP contribution in [0.4, 0.5) is 5.69 Å². The lowest BCUT2D eigenvalue weighted by Gasteiger charge is -2.07. The Morgan fingerprint density at radius 1 is 1.08 bits per heavy atom. The molecule has 1 aromatic carbocycles. The summed E-state index contributed by atoms with van der Waals surface area (Å²) in [6.45, 7) is 0.376. The van der Waals surface area contributed by atoms with E-state index in [1.165, 1.54) is 5.56 Å². The van der Waals surface area contributed by atoms with Crippen molar-refractivity contribution in [3.05, 3.63) is 59.9 Å². The number of carbonyl (C=O) groups excluding carboxylic acids is 2. The van der Waals surface area contributed by atoms with Gasteiger partial charge >= 0.3 is 5.97 Å². The number of carbonyl (C=O) groups is 2. The maximum absolute atomic E-state index is 12.0. The molecule has 1 fully saturated rings. The molecule has 2 aromatic rings. The van der Waals surface area contributed by atoms with Crippen LogP contribution in [0.1, 0.15) is 35.2 Å².